The van der Waals surface area contributed by atoms with Crippen molar-refractivity contribution < 1.29 is 17.9 Å². The van der Waals surface area contributed by atoms with E-state index in [1.54, 1.807) is 12.1 Å². The number of fused-ring (bicyclic) bond motifs is 1. The number of alkyl halides is 2. The third-order valence-electron chi connectivity index (χ3n) is 3.98. The molecule has 1 saturated carbocycles. The molecular weight excluding hydrogens is 345 g/mol. The normalized spacial score (nSPS) is 19.9. The van der Waals surface area contributed by atoms with Gasteiger partial charge in [0.2, 0.25) is 5.95 Å². The van der Waals surface area contributed by atoms with E-state index in [-0.39, 0.29) is 22.7 Å². The molecule has 0 spiro atoms. The van der Waals surface area contributed by atoms with E-state index in [0.29, 0.717) is 5.65 Å². The molecule has 0 bridgehead atoms. The highest BCUT2D eigenvalue weighted by Gasteiger charge is 2.42. The Morgan fingerprint density at radius 2 is 2.04 bits per heavy atom. The summed E-state index contributed by atoms with van der Waals surface area (Å²) < 4.78 is 43.3. The molecule has 0 aromatic carbocycles. The summed E-state index contributed by atoms with van der Waals surface area (Å²) in [5.74, 6) is -0.412. The van der Waals surface area contributed by atoms with E-state index in [1.165, 1.54) is 12.3 Å². The molecule has 5 nitrogen and oxygen atoms in total. The second kappa shape index (κ2) is 5.62. The molecule has 2 atom stereocenters. The largest absolute Gasteiger partial charge is 0.433 e. The zero-order chi connectivity index (χ0) is 16.8. The number of aromatic nitrogens is 4. The van der Waals surface area contributed by atoms with E-state index in [0.717, 1.165) is 28.4 Å². The molecule has 1 aliphatic carbocycles. The van der Waals surface area contributed by atoms with Gasteiger partial charge in [-0.25, -0.2) is 4.98 Å². The summed E-state index contributed by atoms with van der Waals surface area (Å²) in [6.07, 6.45) is 3.14. The summed E-state index contributed by atoms with van der Waals surface area (Å²) in [5.41, 5.74) is 1.96. The van der Waals surface area contributed by atoms with Crippen molar-refractivity contribution in [2.75, 3.05) is 0 Å². The number of halogens is 4. The Balaban J connectivity index is 1.60. The summed E-state index contributed by atoms with van der Waals surface area (Å²) in [4.78, 5) is 8.21. The summed E-state index contributed by atoms with van der Waals surface area (Å²) in [6.45, 7) is -2.88. The van der Waals surface area contributed by atoms with Gasteiger partial charge < -0.3 is 4.74 Å². The molecule has 4 rings (SSSR count). The molecule has 0 aliphatic heterocycles. The third-order valence-corrected chi connectivity index (χ3v) is 4.16. The Hall–Kier alpha value is -2.35. The highest BCUT2D eigenvalue weighted by Crippen LogP contribution is 2.55. The zero-order valence-electron chi connectivity index (χ0n) is 12.0. The average molecular weight is 355 g/mol. The average Bonchev–Trinajstić information content (AvgIpc) is 3.25. The fourth-order valence-corrected chi connectivity index (χ4v) is 3.05. The van der Waals surface area contributed by atoms with E-state index in [1.807, 2.05) is 0 Å². The van der Waals surface area contributed by atoms with Gasteiger partial charge in [-0.3, -0.25) is 4.98 Å². The minimum Gasteiger partial charge on any atom is -0.433 e. The maximum atomic E-state index is 13.7. The van der Waals surface area contributed by atoms with Crippen molar-refractivity contribution in [3.63, 3.8) is 0 Å². The number of ether oxygens (including phenoxy) is 1. The van der Waals surface area contributed by atoms with Crippen molar-refractivity contribution in [3.05, 3.63) is 53.0 Å². The van der Waals surface area contributed by atoms with Crippen molar-refractivity contribution in [2.45, 2.75) is 24.9 Å². The Labute approximate surface area is 139 Å². The maximum Gasteiger partial charge on any atom is 0.387 e. The fraction of sp³-hybridized carbons (Fsp3) is 0.267. The maximum absolute atomic E-state index is 13.7. The number of pyridine rings is 1. The molecule has 1 fully saturated rings. The lowest BCUT2D eigenvalue weighted by molar-refractivity contribution is -0.0500. The van der Waals surface area contributed by atoms with Crippen LogP contribution in [0.25, 0.3) is 5.65 Å². The van der Waals surface area contributed by atoms with Crippen LogP contribution < -0.4 is 4.74 Å². The van der Waals surface area contributed by atoms with Gasteiger partial charge in [0.15, 0.2) is 10.8 Å². The van der Waals surface area contributed by atoms with Gasteiger partial charge in [0.25, 0.3) is 0 Å². The first kappa shape index (κ1) is 15.2. The van der Waals surface area contributed by atoms with Gasteiger partial charge in [-0.2, -0.15) is 22.8 Å². The zero-order valence-corrected chi connectivity index (χ0v) is 12.8. The molecule has 0 radical (unpaired) electrons. The van der Waals surface area contributed by atoms with E-state index in [4.69, 9.17) is 11.6 Å². The van der Waals surface area contributed by atoms with Crippen LogP contribution in [0, 0.1) is 5.95 Å². The third kappa shape index (κ3) is 2.66. The standard InChI is InChI=1S/C15H10ClF3N4O/c16-12-4-10(14-21-6-13(17)23(14)22-12)8-3-9(8)11-2-1-7(5-20-11)24-15(18)19/h1-2,4-6,8-9,15H,3H2/t8-,9-/m0/s1. The van der Waals surface area contributed by atoms with Crippen LogP contribution in [-0.2, 0) is 0 Å². The topological polar surface area (TPSA) is 52.3 Å². The molecule has 0 amide bonds. The van der Waals surface area contributed by atoms with Gasteiger partial charge in [-0.05, 0) is 30.5 Å². The van der Waals surface area contributed by atoms with Gasteiger partial charge in [-0.1, -0.05) is 11.6 Å². The van der Waals surface area contributed by atoms with E-state index in [2.05, 4.69) is 19.8 Å². The lowest BCUT2D eigenvalue weighted by Crippen LogP contribution is -2.02. The number of imidazole rings is 1. The minimum absolute atomic E-state index is 0.00984. The molecule has 9 heteroatoms. The van der Waals surface area contributed by atoms with E-state index in [9.17, 15) is 13.2 Å². The van der Waals surface area contributed by atoms with E-state index < -0.39 is 12.6 Å². The van der Waals surface area contributed by atoms with Crippen LogP contribution in [0.2, 0.25) is 5.15 Å². The Morgan fingerprint density at radius 3 is 2.75 bits per heavy atom. The van der Waals surface area contributed by atoms with Crippen LogP contribution in [-0.4, -0.2) is 26.2 Å². The van der Waals surface area contributed by atoms with Crippen LogP contribution in [0.5, 0.6) is 5.75 Å². The van der Waals surface area contributed by atoms with E-state index >= 15 is 0 Å². The highest BCUT2D eigenvalue weighted by atomic mass is 35.5. The second-order valence-electron chi connectivity index (χ2n) is 5.48. The fourth-order valence-electron chi connectivity index (χ4n) is 2.86. The van der Waals surface area contributed by atoms with Crippen molar-refractivity contribution in [1.29, 1.82) is 0 Å². The van der Waals surface area contributed by atoms with Gasteiger partial charge in [0, 0.05) is 17.2 Å². The Bertz CT molecular complexity index is 900. The molecular formula is C15H10ClF3N4O. The van der Waals surface area contributed by atoms with Gasteiger partial charge in [0.1, 0.15) is 5.75 Å². The van der Waals surface area contributed by atoms with Gasteiger partial charge in [-0.15, -0.1) is 0 Å². The lowest BCUT2D eigenvalue weighted by Gasteiger charge is -2.06. The van der Waals surface area contributed by atoms with Crippen LogP contribution in [0.4, 0.5) is 13.2 Å². The first-order chi connectivity index (χ1) is 11.5. The SMILES string of the molecule is Fc1cnc2c([C@H]3C[C@@H]3c3ccc(OC(F)F)cn3)cc(Cl)nn12. The summed E-state index contributed by atoms with van der Waals surface area (Å²) >= 11 is 5.96. The molecule has 24 heavy (non-hydrogen) atoms. The molecule has 1 aliphatic rings. The molecule has 3 aromatic rings. The minimum atomic E-state index is -2.88. The Kier molecular flexibility index (Phi) is 3.56. The van der Waals surface area contributed by atoms with Crippen LogP contribution in [0.1, 0.15) is 29.5 Å². The first-order valence-electron chi connectivity index (χ1n) is 7.13. The predicted molar refractivity (Wildman–Crippen MR) is 78.9 cm³/mol. The van der Waals surface area contributed by atoms with Crippen molar-refractivity contribution >= 4 is 17.2 Å². The lowest BCUT2D eigenvalue weighted by atomic mass is 10.1. The van der Waals surface area contributed by atoms with Gasteiger partial charge >= 0.3 is 6.61 Å². The smallest absolute Gasteiger partial charge is 0.387 e. The molecule has 3 aromatic heterocycles. The van der Waals surface area contributed by atoms with Crippen molar-refractivity contribution in [2.24, 2.45) is 0 Å². The highest BCUT2D eigenvalue weighted by molar-refractivity contribution is 6.29. The molecule has 0 unspecified atom stereocenters. The van der Waals surface area contributed by atoms with Crippen LogP contribution >= 0.6 is 11.6 Å². The van der Waals surface area contributed by atoms with Gasteiger partial charge in [0.05, 0.1) is 12.4 Å². The first-order valence-corrected chi connectivity index (χ1v) is 7.51. The summed E-state index contributed by atoms with van der Waals surface area (Å²) in [7, 11) is 0. The second-order valence-corrected chi connectivity index (χ2v) is 5.87. The number of nitrogens with zero attached hydrogens (tertiary/aromatic N) is 4. The molecule has 3 heterocycles. The predicted octanol–water partition coefficient (Wildman–Crippen LogP) is 3.79. The van der Waals surface area contributed by atoms with Crippen molar-refractivity contribution in [1.82, 2.24) is 19.6 Å². The monoisotopic (exact) mass is 354 g/mol. The number of rotatable bonds is 4. The molecule has 124 valence electrons. The number of hydrogen-bond acceptors (Lipinski definition) is 4. The van der Waals surface area contributed by atoms with Crippen molar-refractivity contribution in [3.8, 4) is 5.75 Å². The number of hydrogen-bond donors (Lipinski definition) is 0. The quantitative estimate of drug-likeness (QED) is 0.715. The molecule has 0 saturated heterocycles. The summed E-state index contributed by atoms with van der Waals surface area (Å²) in [5, 5.41) is 4.06. The van der Waals surface area contributed by atoms with Crippen LogP contribution in [0.3, 0.4) is 0 Å². The summed E-state index contributed by atoms with van der Waals surface area (Å²) in [6, 6.07) is 4.77. The molecule has 0 N–H and O–H groups in total. The Morgan fingerprint density at radius 1 is 1.21 bits per heavy atom. The van der Waals surface area contributed by atoms with Crippen LogP contribution in [0.15, 0.2) is 30.6 Å².